The van der Waals surface area contributed by atoms with Gasteiger partial charge in [0.25, 0.3) is 0 Å². The Morgan fingerprint density at radius 3 is 2.50 bits per heavy atom. The van der Waals surface area contributed by atoms with Crippen LogP contribution in [0.1, 0.15) is 24.3 Å². The largest absolute Gasteiger partial charge is 0.411 e. The first-order chi connectivity index (χ1) is 6.69. The summed E-state index contributed by atoms with van der Waals surface area (Å²) < 4.78 is 1.00. The second kappa shape index (κ2) is 5.37. The van der Waals surface area contributed by atoms with Gasteiger partial charge in [-0.25, -0.2) is 0 Å². The second-order valence-corrected chi connectivity index (χ2v) is 4.21. The molecule has 0 aliphatic carbocycles. The molecule has 14 heavy (non-hydrogen) atoms. The maximum absolute atomic E-state index is 8.71. The van der Waals surface area contributed by atoms with Crippen molar-refractivity contribution >= 4 is 33.2 Å². The van der Waals surface area contributed by atoms with Crippen molar-refractivity contribution in [3.63, 3.8) is 0 Å². The van der Waals surface area contributed by atoms with E-state index in [1.54, 1.807) is 0 Å². The topological polar surface area (TPSA) is 32.6 Å². The van der Waals surface area contributed by atoms with E-state index in [-0.39, 0.29) is 5.38 Å². The number of benzene rings is 1. The normalized spacial score (nSPS) is 14.1. The molecule has 0 spiro atoms. The van der Waals surface area contributed by atoms with Gasteiger partial charge < -0.3 is 5.21 Å². The average molecular weight is 277 g/mol. The van der Waals surface area contributed by atoms with Crippen molar-refractivity contribution in [3.8, 4) is 0 Å². The molecular weight excluding hydrogens is 265 g/mol. The molecule has 0 heterocycles. The number of hydrogen-bond donors (Lipinski definition) is 1. The van der Waals surface area contributed by atoms with Crippen LogP contribution in [0.4, 0.5) is 0 Å². The molecule has 1 N–H and O–H groups in total. The predicted octanol–water partition coefficient (Wildman–Crippen LogP) is 3.97. The highest BCUT2D eigenvalue weighted by atomic mass is 79.9. The molecular formula is C10H11BrClNO. The van der Waals surface area contributed by atoms with Gasteiger partial charge in [0, 0.05) is 4.47 Å². The van der Waals surface area contributed by atoms with E-state index < -0.39 is 0 Å². The number of hydrogen-bond acceptors (Lipinski definition) is 2. The fraction of sp³-hybridized carbons (Fsp3) is 0.300. The van der Waals surface area contributed by atoms with Crippen LogP contribution < -0.4 is 0 Å². The van der Waals surface area contributed by atoms with Crippen molar-refractivity contribution in [3.05, 3.63) is 34.3 Å². The Hall–Kier alpha value is -0.540. The van der Waals surface area contributed by atoms with Crippen molar-refractivity contribution < 1.29 is 5.21 Å². The Morgan fingerprint density at radius 1 is 1.50 bits per heavy atom. The van der Waals surface area contributed by atoms with Gasteiger partial charge in [-0.1, -0.05) is 40.1 Å². The fourth-order valence-electron chi connectivity index (χ4n) is 1.12. The van der Waals surface area contributed by atoms with Crippen LogP contribution >= 0.6 is 27.5 Å². The Kier molecular flexibility index (Phi) is 4.42. The van der Waals surface area contributed by atoms with Crippen molar-refractivity contribution in [2.24, 2.45) is 5.16 Å². The molecule has 1 atom stereocenters. The minimum atomic E-state index is -0.349. The molecule has 0 bridgehead atoms. The van der Waals surface area contributed by atoms with Crippen molar-refractivity contribution in [2.75, 3.05) is 0 Å². The summed E-state index contributed by atoms with van der Waals surface area (Å²) in [5, 5.41) is 11.5. The number of rotatable bonds is 3. The lowest BCUT2D eigenvalue weighted by molar-refractivity contribution is 0.316. The van der Waals surface area contributed by atoms with Crippen LogP contribution in [0, 0.1) is 0 Å². The molecule has 0 fully saturated rings. The van der Waals surface area contributed by atoms with Gasteiger partial charge in [-0.05, 0) is 24.1 Å². The van der Waals surface area contributed by atoms with Crippen LogP contribution in [0.15, 0.2) is 33.9 Å². The minimum Gasteiger partial charge on any atom is -0.411 e. The van der Waals surface area contributed by atoms with E-state index in [1.807, 2.05) is 31.2 Å². The smallest absolute Gasteiger partial charge is 0.100 e. The molecule has 0 radical (unpaired) electrons. The Bertz CT molecular complexity index is 323. The minimum absolute atomic E-state index is 0.349. The van der Waals surface area contributed by atoms with Crippen molar-refractivity contribution in [1.29, 1.82) is 0 Å². The molecule has 0 aliphatic heterocycles. The first-order valence-corrected chi connectivity index (χ1v) is 5.52. The lowest BCUT2D eigenvalue weighted by atomic mass is 10.1. The van der Waals surface area contributed by atoms with Gasteiger partial charge in [0.2, 0.25) is 0 Å². The third-order valence-corrected chi connectivity index (χ3v) is 2.98. The lowest BCUT2D eigenvalue weighted by Gasteiger charge is -2.09. The molecule has 0 amide bonds. The Morgan fingerprint density at radius 2 is 2.07 bits per heavy atom. The van der Waals surface area contributed by atoms with Crippen LogP contribution in [-0.2, 0) is 0 Å². The molecule has 1 unspecified atom stereocenters. The summed E-state index contributed by atoms with van der Waals surface area (Å²) in [7, 11) is 0. The molecule has 0 saturated carbocycles. The predicted molar refractivity (Wildman–Crippen MR) is 62.2 cm³/mol. The summed E-state index contributed by atoms with van der Waals surface area (Å²) in [4.78, 5) is 0. The standard InChI is InChI=1S/C10H11BrClNO/c1-2-9(13-14)10(12)7-3-5-8(11)6-4-7/h3-6,10,14H,2H2,1H3/b13-9+. The molecule has 1 aromatic carbocycles. The number of oxime groups is 1. The van der Waals surface area contributed by atoms with Crippen LogP contribution in [-0.4, -0.2) is 10.9 Å². The average Bonchev–Trinajstić information content (AvgIpc) is 2.20. The number of alkyl halides is 1. The molecule has 4 heteroatoms. The quantitative estimate of drug-likeness (QED) is 0.385. The van der Waals surface area contributed by atoms with Gasteiger partial charge in [0.1, 0.15) is 5.38 Å². The van der Waals surface area contributed by atoms with Crippen LogP contribution in [0.2, 0.25) is 0 Å². The van der Waals surface area contributed by atoms with Crippen molar-refractivity contribution in [1.82, 2.24) is 0 Å². The molecule has 1 rings (SSSR count). The summed E-state index contributed by atoms with van der Waals surface area (Å²) in [6.45, 7) is 1.91. The third kappa shape index (κ3) is 2.72. The van der Waals surface area contributed by atoms with E-state index in [0.717, 1.165) is 10.0 Å². The molecule has 1 aromatic rings. The van der Waals surface area contributed by atoms with Crippen LogP contribution in [0.3, 0.4) is 0 Å². The molecule has 0 aliphatic rings. The highest BCUT2D eigenvalue weighted by Gasteiger charge is 2.13. The summed E-state index contributed by atoms with van der Waals surface area (Å²) in [6, 6.07) is 7.63. The van der Waals surface area contributed by atoms with E-state index >= 15 is 0 Å². The van der Waals surface area contributed by atoms with E-state index in [1.165, 1.54) is 0 Å². The van der Waals surface area contributed by atoms with Gasteiger partial charge in [-0.2, -0.15) is 0 Å². The summed E-state index contributed by atoms with van der Waals surface area (Å²) in [5.41, 5.74) is 1.51. The van der Waals surface area contributed by atoms with E-state index in [9.17, 15) is 0 Å². The molecule has 76 valence electrons. The summed E-state index contributed by atoms with van der Waals surface area (Å²) in [6.07, 6.45) is 0.640. The van der Waals surface area contributed by atoms with Gasteiger partial charge >= 0.3 is 0 Å². The first-order valence-electron chi connectivity index (χ1n) is 4.29. The maximum Gasteiger partial charge on any atom is 0.100 e. The van der Waals surface area contributed by atoms with Gasteiger partial charge in [0.05, 0.1) is 5.71 Å². The number of halogens is 2. The highest BCUT2D eigenvalue weighted by molar-refractivity contribution is 9.10. The van der Waals surface area contributed by atoms with Gasteiger partial charge in [-0.3, -0.25) is 0 Å². The molecule has 2 nitrogen and oxygen atoms in total. The van der Waals surface area contributed by atoms with Gasteiger partial charge in [0.15, 0.2) is 0 Å². The zero-order valence-corrected chi connectivity index (χ0v) is 10.1. The molecule has 0 saturated heterocycles. The van der Waals surface area contributed by atoms with E-state index in [2.05, 4.69) is 21.1 Å². The maximum atomic E-state index is 8.71. The Balaban J connectivity index is 2.89. The van der Waals surface area contributed by atoms with Crippen LogP contribution in [0.25, 0.3) is 0 Å². The fourth-order valence-corrected chi connectivity index (χ4v) is 1.73. The zero-order valence-electron chi connectivity index (χ0n) is 7.74. The summed E-state index contributed by atoms with van der Waals surface area (Å²) in [5.74, 6) is 0. The lowest BCUT2D eigenvalue weighted by Crippen LogP contribution is -2.05. The summed E-state index contributed by atoms with van der Waals surface area (Å²) >= 11 is 9.46. The van der Waals surface area contributed by atoms with Crippen molar-refractivity contribution in [2.45, 2.75) is 18.7 Å². The van der Waals surface area contributed by atoms with Gasteiger partial charge in [-0.15, -0.1) is 11.6 Å². The highest BCUT2D eigenvalue weighted by Crippen LogP contribution is 2.24. The van der Waals surface area contributed by atoms with Crippen LogP contribution in [0.5, 0.6) is 0 Å². The second-order valence-electron chi connectivity index (χ2n) is 2.86. The zero-order chi connectivity index (χ0) is 10.6. The number of nitrogens with zero attached hydrogens (tertiary/aromatic N) is 1. The Labute approximate surface area is 96.7 Å². The van der Waals surface area contributed by atoms with E-state index in [0.29, 0.717) is 12.1 Å². The third-order valence-electron chi connectivity index (χ3n) is 1.95. The monoisotopic (exact) mass is 275 g/mol. The van der Waals surface area contributed by atoms with E-state index in [4.69, 9.17) is 16.8 Å². The molecule has 0 aromatic heterocycles. The first kappa shape index (κ1) is 11.5. The SMILES string of the molecule is CC/C(=N\O)C(Cl)c1ccc(Br)cc1.